The number of hydrogen-bond acceptors (Lipinski definition) is 7. The maximum atomic E-state index is 13.8. The molecule has 226 valence electrons. The molecule has 0 spiro atoms. The number of carbonyl (C=O) groups is 1. The van der Waals surface area contributed by atoms with Crippen LogP contribution in [0.4, 0.5) is 15.9 Å². The summed E-state index contributed by atoms with van der Waals surface area (Å²) in [5.41, 5.74) is 6.92. The van der Waals surface area contributed by atoms with E-state index >= 15 is 0 Å². The van der Waals surface area contributed by atoms with Gasteiger partial charge in [0.1, 0.15) is 12.4 Å². The number of ether oxygens (including phenoxy) is 1. The van der Waals surface area contributed by atoms with E-state index < -0.39 is 17.8 Å². The Kier molecular flexibility index (Phi) is 7.50. The molecule has 0 N–H and O–H groups in total. The Bertz CT molecular complexity index is 1470. The highest BCUT2D eigenvalue weighted by Gasteiger charge is 2.42. The molecule has 4 atom stereocenters. The van der Waals surface area contributed by atoms with Crippen LogP contribution in [0.3, 0.4) is 0 Å². The van der Waals surface area contributed by atoms with E-state index in [0.717, 1.165) is 44.2 Å². The number of piperazine rings is 1. The van der Waals surface area contributed by atoms with Crippen LogP contribution < -0.4 is 14.5 Å². The van der Waals surface area contributed by atoms with Crippen molar-refractivity contribution in [3.05, 3.63) is 58.9 Å². The summed E-state index contributed by atoms with van der Waals surface area (Å²) in [6.45, 7) is 7.82. The van der Waals surface area contributed by atoms with Crippen molar-refractivity contribution in [2.45, 2.75) is 69.5 Å². The lowest BCUT2D eigenvalue weighted by atomic mass is 9.74. The Labute approximate surface area is 253 Å². The highest BCUT2D eigenvalue weighted by Crippen LogP contribution is 2.54. The summed E-state index contributed by atoms with van der Waals surface area (Å²) in [6, 6.07) is 11.1. The first-order valence-corrected chi connectivity index (χ1v) is 15.9. The number of likely N-dealkylation sites (tertiary alicyclic amines) is 1. The number of pyridine rings is 1. The number of aromatic nitrogens is 1. The summed E-state index contributed by atoms with van der Waals surface area (Å²) in [4.78, 5) is 26.1. The maximum absolute atomic E-state index is 13.8. The van der Waals surface area contributed by atoms with E-state index in [1.807, 2.05) is 0 Å². The van der Waals surface area contributed by atoms with Crippen LogP contribution in [0, 0.1) is 17.2 Å². The van der Waals surface area contributed by atoms with Crippen LogP contribution in [0.2, 0.25) is 0 Å². The van der Waals surface area contributed by atoms with E-state index in [-0.39, 0.29) is 6.42 Å². The fourth-order valence-electron chi connectivity index (χ4n) is 8.15. The number of benzene rings is 1. The molecule has 2 aromatic rings. The first-order valence-electron chi connectivity index (χ1n) is 15.9. The molecule has 1 amide bonds. The monoisotopic (exact) mass is 584 g/mol. The van der Waals surface area contributed by atoms with Crippen LogP contribution in [0.5, 0.6) is 5.88 Å². The Hall–Kier alpha value is -3.64. The van der Waals surface area contributed by atoms with E-state index in [0.29, 0.717) is 44.1 Å². The van der Waals surface area contributed by atoms with Crippen LogP contribution in [-0.2, 0) is 24.2 Å². The van der Waals surface area contributed by atoms with Gasteiger partial charge in [-0.05, 0) is 86.7 Å². The number of halogens is 1. The highest BCUT2D eigenvalue weighted by atomic mass is 19.1. The van der Waals surface area contributed by atoms with E-state index in [9.17, 15) is 14.4 Å². The normalized spacial score (nSPS) is 26.3. The number of hydrogen-bond donors (Lipinski definition) is 0. The molecule has 2 saturated heterocycles. The van der Waals surface area contributed by atoms with Crippen LogP contribution in [0.25, 0.3) is 0 Å². The minimum atomic E-state index is -0.986. The summed E-state index contributed by atoms with van der Waals surface area (Å²) in [6.07, 6.45) is 7.14. The van der Waals surface area contributed by atoms with E-state index in [1.54, 1.807) is 5.56 Å². The number of rotatable bonds is 7. The predicted octanol–water partition coefficient (Wildman–Crippen LogP) is 4.58. The zero-order valence-corrected chi connectivity index (χ0v) is 25.1. The number of amides is 1. The first kappa shape index (κ1) is 28.1. The standard InChI is InChI=1S/C34H41FN6O2/c1-22(35)34(42)41-16-15-40(20-26(41)10-12-36)33-29-11-14-39(30-7-3-5-24-17-23-8-9-28(23)32(24)30)19-25(29)18-31(37-33)43-21-27-6-4-13-38(27)2/h3,5,7,18,23,26-28H,1,4,6,8-11,13-17,19-21H2,2H3/t23?,26-,27-,28?/m0/s1. The van der Waals surface area contributed by atoms with Crippen LogP contribution in [-0.4, -0.2) is 79.2 Å². The molecule has 43 heavy (non-hydrogen) atoms. The molecule has 4 heterocycles. The van der Waals surface area contributed by atoms with Gasteiger partial charge in [0.05, 0.1) is 18.5 Å². The maximum Gasteiger partial charge on any atom is 0.282 e. The molecule has 3 fully saturated rings. The Morgan fingerprint density at radius 3 is 2.77 bits per heavy atom. The quantitative estimate of drug-likeness (QED) is 0.441. The van der Waals surface area contributed by atoms with Crippen molar-refractivity contribution in [1.29, 1.82) is 5.26 Å². The van der Waals surface area contributed by atoms with Gasteiger partial charge in [0.25, 0.3) is 5.91 Å². The fraction of sp³-hybridized carbons (Fsp3) is 0.559. The van der Waals surface area contributed by atoms with Gasteiger partial charge in [-0.25, -0.2) is 4.39 Å². The molecule has 5 aliphatic rings. The summed E-state index contributed by atoms with van der Waals surface area (Å²) >= 11 is 0. The van der Waals surface area contributed by atoms with Crippen LogP contribution >= 0.6 is 0 Å². The molecule has 1 aromatic heterocycles. The molecule has 9 heteroatoms. The average molecular weight is 585 g/mol. The van der Waals surface area contributed by atoms with Crippen molar-refractivity contribution >= 4 is 17.4 Å². The molecule has 1 saturated carbocycles. The SMILES string of the molecule is C=C(F)C(=O)N1CCN(c2nc(OC[C@@H]3CCCN3C)cc3c2CCN(c2cccc4c2C2CCC2C4)C3)C[C@@H]1CC#N. The van der Waals surface area contributed by atoms with Crippen LogP contribution in [0.15, 0.2) is 36.7 Å². The average Bonchev–Trinajstić information content (AvgIpc) is 3.53. The molecule has 7 rings (SSSR count). The second kappa shape index (κ2) is 11.5. The number of carbonyl (C=O) groups excluding carboxylic acids is 1. The van der Waals surface area contributed by atoms with Crippen molar-refractivity contribution in [3.63, 3.8) is 0 Å². The molecule has 2 aliphatic carbocycles. The molecule has 0 radical (unpaired) electrons. The molecule has 0 bridgehead atoms. The second-order valence-corrected chi connectivity index (χ2v) is 13.0. The van der Waals surface area contributed by atoms with Gasteiger partial charge in [-0.2, -0.15) is 10.2 Å². The van der Waals surface area contributed by atoms with E-state index in [2.05, 4.69) is 58.7 Å². The van der Waals surface area contributed by atoms with Crippen molar-refractivity contribution in [2.75, 3.05) is 56.2 Å². The topological polar surface area (TPSA) is 75.9 Å². The van der Waals surface area contributed by atoms with Crippen molar-refractivity contribution in [2.24, 2.45) is 5.92 Å². The van der Waals surface area contributed by atoms with Gasteiger partial charge < -0.3 is 24.3 Å². The number of nitriles is 1. The van der Waals surface area contributed by atoms with Gasteiger partial charge in [-0.1, -0.05) is 18.7 Å². The Balaban J connectivity index is 1.19. The third-order valence-electron chi connectivity index (χ3n) is 10.6. The van der Waals surface area contributed by atoms with E-state index in [4.69, 9.17) is 9.72 Å². The van der Waals surface area contributed by atoms with Gasteiger partial charge in [0, 0.05) is 56.1 Å². The number of likely N-dealkylation sites (N-methyl/N-ethyl adjacent to an activating group) is 1. The Morgan fingerprint density at radius 2 is 2.02 bits per heavy atom. The van der Waals surface area contributed by atoms with Crippen molar-refractivity contribution in [3.8, 4) is 11.9 Å². The molecule has 2 unspecified atom stereocenters. The highest BCUT2D eigenvalue weighted by molar-refractivity contribution is 5.91. The van der Waals surface area contributed by atoms with Gasteiger partial charge in [0.2, 0.25) is 5.88 Å². The lowest BCUT2D eigenvalue weighted by Crippen LogP contribution is -2.55. The molecule has 3 aliphatic heterocycles. The minimum Gasteiger partial charge on any atom is -0.476 e. The van der Waals surface area contributed by atoms with Gasteiger partial charge in [-0.15, -0.1) is 0 Å². The summed E-state index contributed by atoms with van der Waals surface area (Å²) in [7, 11) is 2.15. The first-order chi connectivity index (χ1) is 20.9. The fourth-order valence-corrected chi connectivity index (χ4v) is 8.15. The van der Waals surface area contributed by atoms with Crippen molar-refractivity contribution in [1.82, 2.24) is 14.8 Å². The number of nitrogens with zero attached hydrogens (tertiary/aromatic N) is 6. The lowest BCUT2D eigenvalue weighted by Gasteiger charge is -2.42. The molecule has 1 aromatic carbocycles. The van der Waals surface area contributed by atoms with Gasteiger partial charge >= 0.3 is 0 Å². The number of fused-ring (bicyclic) bond motifs is 4. The minimum absolute atomic E-state index is 0.122. The van der Waals surface area contributed by atoms with Crippen LogP contribution in [0.1, 0.15) is 60.3 Å². The third kappa shape index (κ3) is 5.14. The lowest BCUT2D eigenvalue weighted by molar-refractivity contribution is -0.131. The second-order valence-electron chi connectivity index (χ2n) is 13.0. The predicted molar refractivity (Wildman–Crippen MR) is 164 cm³/mol. The molecular formula is C34H41FN6O2. The van der Waals surface area contributed by atoms with Gasteiger partial charge in [0.15, 0.2) is 5.83 Å². The largest absolute Gasteiger partial charge is 0.476 e. The third-order valence-corrected chi connectivity index (χ3v) is 10.6. The summed E-state index contributed by atoms with van der Waals surface area (Å²) < 4.78 is 20.2. The summed E-state index contributed by atoms with van der Waals surface area (Å²) in [5.74, 6) is 1.31. The summed E-state index contributed by atoms with van der Waals surface area (Å²) in [5, 5.41) is 9.52. The zero-order valence-electron chi connectivity index (χ0n) is 25.1. The van der Waals surface area contributed by atoms with Gasteiger partial charge in [-0.3, -0.25) is 4.79 Å². The van der Waals surface area contributed by atoms with Crippen molar-refractivity contribution < 1.29 is 13.9 Å². The smallest absolute Gasteiger partial charge is 0.282 e. The molecular weight excluding hydrogens is 543 g/mol. The Morgan fingerprint density at radius 1 is 1.14 bits per heavy atom. The number of anilines is 2. The zero-order chi connectivity index (χ0) is 29.7. The molecule has 8 nitrogen and oxygen atoms in total. The van der Waals surface area contributed by atoms with E-state index in [1.165, 1.54) is 53.0 Å².